The lowest BCUT2D eigenvalue weighted by molar-refractivity contribution is -0.123. The van der Waals surface area contributed by atoms with E-state index in [4.69, 9.17) is 25.8 Å². The van der Waals surface area contributed by atoms with Crippen LogP contribution in [-0.2, 0) is 4.79 Å². The number of hydrazone groups is 1. The normalized spacial score (nSPS) is 10.8. The van der Waals surface area contributed by atoms with E-state index in [9.17, 15) is 9.59 Å². The maximum Gasteiger partial charge on any atom is 0.345 e. The van der Waals surface area contributed by atoms with Crippen LogP contribution in [0.3, 0.4) is 0 Å². The highest BCUT2D eigenvalue weighted by Gasteiger charge is 2.15. The van der Waals surface area contributed by atoms with Gasteiger partial charge in [-0.25, -0.2) is 10.2 Å². The van der Waals surface area contributed by atoms with E-state index in [1.165, 1.54) is 13.3 Å². The van der Waals surface area contributed by atoms with Gasteiger partial charge in [0.05, 0.1) is 23.9 Å². The molecule has 1 amide bonds. The van der Waals surface area contributed by atoms with Gasteiger partial charge in [-0.2, -0.15) is 5.10 Å². The van der Waals surface area contributed by atoms with E-state index in [0.29, 0.717) is 22.1 Å². The Morgan fingerprint density at radius 1 is 0.914 bits per heavy atom. The molecule has 1 N–H and O–H groups in total. The number of methoxy groups -OCH3 is 1. The van der Waals surface area contributed by atoms with Crippen LogP contribution in [0.1, 0.15) is 15.9 Å². The van der Waals surface area contributed by atoms with Crippen LogP contribution in [0.25, 0.3) is 10.8 Å². The van der Waals surface area contributed by atoms with Crippen molar-refractivity contribution in [3.05, 3.63) is 101 Å². The Bertz CT molecular complexity index is 1400. The zero-order valence-electron chi connectivity index (χ0n) is 18.7. The molecule has 7 nitrogen and oxygen atoms in total. The summed E-state index contributed by atoms with van der Waals surface area (Å²) >= 11 is 6.05. The van der Waals surface area contributed by atoms with Crippen molar-refractivity contribution in [2.75, 3.05) is 13.7 Å². The molecule has 4 rings (SSSR count). The highest BCUT2D eigenvalue weighted by atomic mass is 35.5. The van der Waals surface area contributed by atoms with Gasteiger partial charge in [0.1, 0.15) is 5.75 Å². The summed E-state index contributed by atoms with van der Waals surface area (Å²) in [5.41, 5.74) is 3.28. The first-order valence-electron chi connectivity index (χ1n) is 10.6. The highest BCUT2D eigenvalue weighted by Crippen LogP contribution is 2.29. The third-order valence-electron chi connectivity index (χ3n) is 4.98. The number of hydrogen-bond acceptors (Lipinski definition) is 6. The van der Waals surface area contributed by atoms with Crippen LogP contribution in [0, 0.1) is 0 Å². The molecule has 0 aromatic heterocycles. The van der Waals surface area contributed by atoms with Gasteiger partial charge < -0.3 is 14.2 Å². The molecule has 0 saturated carbocycles. The van der Waals surface area contributed by atoms with E-state index in [2.05, 4.69) is 10.5 Å². The molecule has 0 spiro atoms. The van der Waals surface area contributed by atoms with Crippen molar-refractivity contribution >= 4 is 40.5 Å². The van der Waals surface area contributed by atoms with Gasteiger partial charge in [0.15, 0.2) is 18.1 Å². The maximum atomic E-state index is 12.4. The minimum Gasteiger partial charge on any atom is -0.493 e. The Hall–Kier alpha value is -4.36. The topological polar surface area (TPSA) is 86.2 Å². The van der Waals surface area contributed by atoms with Crippen LogP contribution in [0.2, 0.25) is 5.02 Å². The summed E-state index contributed by atoms with van der Waals surface area (Å²) in [7, 11) is 1.45. The smallest absolute Gasteiger partial charge is 0.345 e. The first-order chi connectivity index (χ1) is 17.0. The van der Waals surface area contributed by atoms with E-state index in [1.54, 1.807) is 42.5 Å². The molecule has 0 atom stereocenters. The predicted octanol–water partition coefficient (Wildman–Crippen LogP) is 5.25. The van der Waals surface area contributed by atoms with Crippen molar-refractivity contribution in [1.82, 2.24) is 5.43 Å². The molecule has 0 aliphatic heterocycles. The Morgan fingerprint density at radius 2 is 1.69 bits per heavy atom. The first-order valence-corrected chi connectivity index (χ1v) is 11.0. The molecule has 0 unspecified atom stereocenters. The SMILES string of the molecule is COc1cc(C=NNC(=O)COc2ccc3ccccc3c2)ccc1OC(=O)c1ccccc1Cl. The van der Waals surface area contributed by atoms with Gasteiger partial charge in [-0.15, -0.1) is 0 Å². The summed E-state index contributed by atoms with van der Waals surface area (Å²) in [6, 6.07) is 25.0. The number of esters is 1. The second kappa shape index (κ2) is 11.2. The van der Waals surface area contributed by atoms with E-state index in [0.717, 1.165) is 10.8 Å². The third-order valence-corrected chi connectivity index (χ3v) is 5.31. The fourth-order valence-corrected chi connectivity index (χ4v) is 3.46. The zero-order chi connectivity index (χ0) is 24.6. The molecule has 0 radical (unpaired) electrons. The number of halogens is 1. The van der Waals surface area contributed by atoms with E-state index in [-0.39, 0.29) is 17.9 Å². The summed E-state index contributed by atoms with van der Waals surface area (Å²) in [5.74, 6) is 0.123. The van der Waals surface area contributed by atoms with Gasteiger partial charge in [-0.1, -0.05) is 54.1 Å². The fourth-order valence-electron chi connectivity index (χ4n) is 3.25. The van der Waals surface area contributed by atoms with E-state index < -0.39 is 11.9 Å². The maximum absolute atomic E-state index is 12.4. The summed E-state index contributed by atoms with van der Waals surface area (Å²) in [6.07, 6.45) is 1.44. The van der Waals surface area contributed by atoms with Crippen molar-refractivity contribution in [2.45, 2.75) is 0 Å². The second-order valence-electron chi connectivity index (χ2n) is 7.37. The molecule has 0 saturated heterocycles. The molecule has 4 aromatic rings. The molecule has 35 heavy (non-hydrogen) atoms. The highest BCUT2D eigenvalue weighted by molar-refractivity contribution is 6.33. The van der Waals surface area contributed by atoms with Crippen molar-refractivity contribution in [3.63, 3.8) is 0 Å². The van der Waals surface area contributed by atoms with Crippen LogP contribution in [0.5, 0.6) is 17.2 Å². The molecule has 0 aliphatic rings. The van der Waals surface area contributed by atoms with Crippen molar-refractivity contribution < 1.29 is 23.8 Å². The number of rotatable bonds is 8. The monoisotopic (exact) mass is 488 g/mol. The Labute approximate surface area is 206 Å². The number of carbonyl (C=O) groups excluding carboxylic acids is 2. The molecular weight excluding hydrogens is 468 g/mol. The number of hydrogen-bond donors (Lipinski definition) is 1. The van der Waals surface area contributed by atoms with E-state index in [1.807, 2.05) is 42.5 Å². The van der Waals surface area contributed by atoms with Gasteiger partial charge >= 0.3 is 5.97 Å². The Morgan fingerprint density at radius 3 is 2.49 bits per heavy atom. The van der Waals surface area contributed by atoms with Crippen molar-refractivity contribution in [1.29, 1.82) is 0 Å². The van der Waals surface area contributed by atoms with Gasteiger partial charge in [0, 0.05) is 0 Å². The van der Waals surface area contributed by atoms with Crippen LogP contribution < -0.4 is 19.6 Å². The number of amides is 1. The minimum absolute atomic E-state index is 0.185. The van der Waals surface area contributed by atoms with Crippen molar-refractivity contribution in [3.8, 4) is 17.2 Å². The summed E-state index contributed by atoms with van der Waals surface area (Å²) in [4.78, 5) is 24.5. The van der Waals surface area contributed by atoms with Crippen LogP contribution in [0.15, 0.2) is 90.0 Å². The molecule has 0 bridgehead atoms. The summed E-state index contributed by atoms with van der Waals surface area (Å²) in [5, 5.41) is 6.35. The molecule has 0 aliphatic carbocycles. The number of nitrogens with one attached hydrogen (secondary N) is 1. The largest absolute Gasteiger partial charge is 0.493 e. The second-order valence-corrected chi connectivity index (χ2v) is 7.78. The van der Waals surface area contributed by atoms with Crippen LogP contribution >= 0.6 is 11.6 Å². The van der Waals surface area contributed by atoms with E-state index >= 15 is 0 Å². The number of nitrogens with zero attached hydrogens (tertiary/aromatic N) is 1. The summed E-state index contributed by atoms with van der Waals surface area (Å²) in [6.45, 7) is -0.185. The van der Waals surface area contributed by atoms with Gasteiger partial charge in [-0.05, 0) is 58.8 Å². The average Bonchev–Trinajstić information content (AvgIpc) is 2.88. The molecular formula is C27H21ClN2O5. The lowest BCUT2D eigenvalue weighted by Gasteiger charge is -2.10. The van der Waals surface area contributed by atoms with Gasteiger partial charge in [0.2, 0.25) is 0 Å². The van der Waals surface area contributed by atoms with Crippen molar-refractivity contribution in [2.24, 2.45) is 5.10 Å². The fraction of sp³-hybridized carbons (Fsp3) is 0.0741. The third kappa shape index (κ3) is 6.16. The molecule has 8 heteroatoms. The minimum atomic E-state index is -0.603. The predicted molar refractivity (Wildman–Crippen MR) is 135 cm³/mol. The molecule has 176 valence electrons. The summed E-state index contributed by atoms with van der Waals surface area (Å²) < 4.78 is 16.3. The Kier molecular flexibility index (Phi) is 7.60. The molecule has 0 fully saturated rings. The van der Waals surface area contributed by atoms with Crippen LogP contribution in [-0.4, -0.2) is 31.8 Å². The Balaban J connectivity index is 1.33. The first kappa shape index (κ1) is 23.8. The zero-order valence-corrected chi connectivity index (χ0v) is 19.5. The number of carbonyl (C=O) groups is 2. The van der Waals surface area contributed by atoms with Crippen LogP contribution in [0.4, 0.5) is 0 Å². The molecule has 4 aromatic carbocycles. The average molecular weight is 489 g/mol. The van der Waals surface area contributed by atoms with Gasteiger partial charge in [0.25, 0.3) is 5.91 Å². The standard InChI is InChI=1S/C27H21ClN2O5/c1-33-25-14-18(10-13-24(25)35-27(32)22-8-4-5-9-23(22)28)16-29-30-26(31)17-34-21-12-11-19-6-2-3-7-20(19)15-21/h2-16H,17H2,1H3,(H,30,31). The quantitative estimate of drug-likeness (QED) is 0.158. The van der Waals surface area contributed by atoms with Gasteiger partial charge in [-0.3, -0.25) is 4.79 Å². The molecule has 0 heterocycles. The lowest BCUT2D eigenvalue weighted by Crippen LogP contribution is -2.24. The lowest BCUT2D eigenvalue weighted by atomic mass is 10.1. The number of benzene rings is 4. The number of ether oxygens (including phenoxy) is 3. The number of fused-ring (bicyclic) bond motifs is 1.